The molecule has 79 heavy (non-hydrogen) atoms. The van der Waals surface area contributed by atoms with Crippen molar-refractivity contribution in [3.8, 4) is 0 Å². The Hall–Kier alpha value is -5.89. The number of esters is 1. The number of carboxylic acid groups (broad SMARTS) is 1. The summed E-state index contributed by atoms with van der Waals surface area (Å²) >= 11 is 0. The highest BCUT2D eigenvalue weighted by Crippen LogP contribution is 2.30. The molecule has 4 rings (SSSR count). The fraction of sp³-hybridized carbons (Fsp3) is 0.691. The second-order valence-corrected chi connectivity index (χ2v) is 22.4. The number of amides is 7. The standard InChI is InChI=1S/C55H84N6O18/c1-12-54(9,21-24-75-11)78-25-22-55(10,13-2)77-23-20-39(62)56-28-36-27-37(61-41(64)18-19-42(61)65)50(71)60(36)29-40(63)59-43(31(3)4)49(70)57-32(5)48(69)58-35-16-14-34(30-76-52(74)53(6,7)8)33(26-35)15-17-38-44(66)45(67)46(68)47(79-38)51(72)73/h14,16,18-19,26,31-32,36-38,43-47,66-68H,12-13,15,17,20-25,27-30H2,1-11H3,(H,56,62)(H,57,70)(H,58,69)(H,59,63)(H,72,73)/t32-,36-,37+,38-,43?,44-,45+,46-,47-,54?,55?/m0/s1. The van der Waals surface area contributed by atoms with E-state index in [1.54, 1.807) is 53.9 Å². The minimum atomic E-state index is -1.88. The van der Waals surface area contributed by atoms with Gasteiger partial charge in [0.15, 0.2) is 6.10 Å². The van der Waals surface area contributed by atoms with Crippen molar-refractivity contribution in [1.82, 2.24) is 25.8 Å². The number of hydrogen-bond donors (Lipinski definition) is 8. The maximum Gasteiger partial charge on any atom is 0.335 e. The Bertz CT molecular complexity index is 2360. The molecule has 1 aromatic carbocycles. The molecule has 2 fully saturated rings. The number of carbonyl (C=O) groups excluding carboxylic acids is 8. The maximum absolute atomic E-state index is 14.0. The number of likely N-dealkylation sites (tertiary alicyclic amines) is 1. The molecule has 1 aromatic rings. The van der Waals surface area contributed by atoms with Crippen LogP contribution in [0.15, 0.2) is 30.4 Å². The van der Waals surface area contributed by atoms with Gasteiger partial charge < -0.3 is 70.3 Å². The molecule has 0 aliphatic carbocycles. The van der Waals surface area contributed by atoms with Gasteiger partial charge in [0, 0.05) is 44.5 Å². The molecule has 8 N–H and O–H groups in total. The van der Waals surface area contributed by atoms with E-state index in [-0.39, 0.29) is 56.7 Å². The Labute approximate surface area is 462 Å². The molecule has 11 atom stereocenters. The van der Waals surface area contributed by atoms with Crippen LogP contribution in [0.3, 0.4) is 0 Å². The lowest BCUT2D eigenvalue weighted by Gasteiger charge is -2.39. The summed E-state index contributed by atoms with van der Waals surface area (Å²) in [6.07, 6.45) is -3.65. The molecule has 0 spiro atoms. The lowest BCUT2D eigenvalue weighted by molar-refractivity contribution is -0.228. The fourth-order valence-corrected chi connectivity index (χ4v) is 9.09. The number of carbonyl (C=O) groups is 9. The van der Waals surface area contributed by atoms with Crippen molar-refractivity contribution >= 4 is 59.0 Å². The molecule has 442 valence electrons. The van der Waals surface area contributed by atoms with Crippen LogP contribution in [-0.2, 0) is 79.9 Å². The van der Waals surface area contributed by atoms with Crippen LogP contribution in [0.5, 0.6) is 0 Å². The van der Waals surface area contributed by atoms with Crippen molar-refractivity contribution in [3.05, 3.63) is 41.5 Å². The van der Waals surface area contributed by atoms with Crippen LogP contribution < -0.4 is 21.3 Å². The minimum absolute atomic E-state index is 0.0285. The second-order valence-electron chi connectivity index (χ2n) is 22.4. The van der Waals surface area contributed by atoms with Crippen molar-refractivity contribution in [2.75, 3.05) is 45.3 Å². The van der Waals surface area contributed by atoms with Crippen molar-refractivity contribution in [2.24, 2.45) is 11.3 Å². The summed E-state index contributed by atoms with van der Waals surface area (Å²) in [6.45, 7) is 17.9. The van der Waals surface area contributed by atoms with E-state index < -0.39 is 131 Å². The number of aliphatic hydroxyl groups excluding tert-OH is 3. The molecule has 0 radical (unpaired) electrons. The van der Waals surface area contributed by atoms with E-state index in [2.05, 4.69) is 28.2 Å². The summed E-state index contributed by atoms with van der Waals surface area (Å²) in [5.74, 6) is -7.32. The van der Waals surface area contributed by atoms with E-state index in [9.17, 15) is 63.6 Å². The largest absolute Gasteiger partial charge is 0.479 e. The van der Waals surface area contributed by atoms with Crippen LogP contribution in [0.25, 0.3) is 0 Å². The summed E-state index contributed by atoms with van der Waals surface area (Å²) in [5.41, 5.74) is -0.550. The molecule has 7 amide bonds. The highest BCUT2D eigenvalue weighted by atomic mass is 16.6. The van der Waals surface area contributed by atoms with Gasteiger partial charge in [0.25, 0.3) is 11.8 Å². The third-order valence-corrected chi connectivity index (χ3v) is 14.8. The molecule has 0 aromatic heterocycles. The van der Waals surface area contributed by atoms with Gasteiger partial charge in [-0.15, -0.1) is 0 Å². The van der Waals surface area contributed by atoms with Gasteiger partial charge in [0.05, 0.1) is 48.5 Å². The predicted molar refractivity (Wildman–Crippen MR) is 284 cm³/mol. The molecule has 3 unspecified atom stereocenters. The molecule has 3 aliphatic heterocycles. The van der Waals surface area contributed by atoms with Gasteiger partial charge in [0.1, 0.15) is 43.0 Å². The molecule has 3 aliphatic rings. The van der Waals surface area contributed by atoms with Crippen molar-refractivity contribution < 1.29 is 87.3 Å². The topological polar surface area (TPSA) is 335 Å². The van der Waals surface area contributed by atoms with Gasteiger partial charge >= 0.3 is 11.9 Å². The molecule has 24 nitrogen and oxygen atoms in total. The van der Waals surface area contributed by atoms with E-state index in [4.69, 9.17) is 23.7 Å². The van der Waals surface area contributed by atoms with Crippen LogP contribution in [0.1, 0.15) is 125 Å². The summed E-state index contributed by atoms with van der Waals surface area (Å²) in [7, 11) is 1.65. The number of hydrogen-bond acceptors (Lipinski definition) is 17. The lowest BCUT2D eigenvalue weighted by atomic mass is 9.91. The number of imide groups is 1. The normalized spacial score (nSPS) is 23.7. The average molecular weight is 1120 g/mol. The number of benzene rings is 1. The monoisotopic (exact) mass is 1120 g/mol. The average Bonchev–Trinajstić information content (AvgIpc) is 3.95. The summed E-state index contributed by atoms with van der Waals surface area (Å²) in [4.78, 5) is 120. The third-order valence-electron chi connectivity index (χ3n) is 14.8. The van der Waals surface area contributed by atoms with Gasteiger partial charge in [-0.3, -0.25) is 43.3 Å². The number of nitrogens with zero attached hydrogens (tertiary/aromatic N) is 2. The smallest absolute Gasteiger partial charge is 0.335 e. The van der Waals surface area contributed by atoms with E-state index in [1.165, 1.54) is 13.0 Å². The van der Waals surface area contributed by atoms with E-state index in [1.807, 2.05) is 20.8 Å². The fourth-order valence-electron chi connectivity index (χ4n) is 9.09. The first-order valence-corrected chi connectivity index (χ1v) is 27.0. The number of aliphatic hydroxyl groups is 3. The maximum atomic E-state index is 14.0. The quantitative estimate of drug-likeness (QED) is 0.0399. The van der Waals surface area contributed by atoms with Crippen molar-refractivity contribution in [2.45, 2.75) is 193 Å². The van der Waals surface area contributed by atoms with Crippen LogP contribution in [0.4, 0.5) is 5.69 Å². The molecule has 2 saturated heterocycles. The van der Waals surface area contributed by atoms with Crippen LogP contribution in [0, 0.1) is 11.3 Å². The molecule has 0 saturated carbocycles. The van der Waals surface area contributed by atoms with Crippen molar-refractivity contribution in [1.29, 1.82) is 0 Å². The number of nitrogens with one attached hydrogen (secondary N) is 4. The Morgan fingerprint density at radius 1 is 0.797 bits per heavy atom. The zero-order chi connectivity index (χ0) is 59.2. The minimum Gasteiger partial charge on any atom is -0.479 e. The number of anilines is 1. The van der Waals surface area contributed by atoms with Gasteiger partial charge in [-0.2, -0.15) is 0 Å². The van der Waals surface area contributed by atoms with E-state index in [0.717, 1.165) is 34.8 Å². The second kappa shape index (κ2) is 29.0. The van der Waals surface area contributed by atoms with Gasteiger partial charge in [0.2, 0.25) is 29.5 Å². The Morgan fingerprint density at radius 3 is 2.00 bits per heavy atom. The highest BCUT2D eigenvalue weighted by molar-refractivity contribution is 6.15. The zero-order valence-corrected chi connectivity index (χ0v) is 47.5. The molecule has 3 heterocycles. The number of aliphatic carboxylic acids is 1. The number of aryl methyl sites for hydroxylation is 1. The summed E-state index contributed by atoms with van der Waals surface area (Å²) < 4.78 is 28.6. The zero-order valence-electron chi connectivity index (χ0n) is 47.5. The van der Waals surface area contributed by atoms with E-state index >= 15 is 0 Å². The molecule has 0 bridgehead atoms. The third kappa shape index (κ3) is 18.3. The summed E-state index contributed by atoms with van der Waals surface area (Å²) in [5, 5.41) is 51.5. The Balaban J connectivity index is 1.40. The van der Waals surface area contributed by atoms with Crippen LogP contribution >= 0.6 is 0 Å². The van der Waals surface area contributed by atoms with Gasteiger partial charge in [-0.05, 0) is 116 Å². The number of rotatable bonds is 30. The lowest BCUT2D eigenvalue weighted by Crippen LogP contribution is -2.59. The van der Waals surface area contributed by atoms with Crippen LogP contribution in [-0.4, -0.2) is 189 Å². The number of methoxy groups -OCH3 is 1. The molecular weight excluding hydrogens is 1030 g/mol. The number of carboxylic acids is 1. The first-order chi connectivity index (χ1) is 37.0. The van der Waals surface area contributed by atoms with Gasteiger partial charge in [-0.25, -0.2) is 4.79 Å². The highest BCUT2D eigenvalue weighted by Gasteiger charge is 2.48. The Morgan fingerprint density at radius 2 is 1.42 bits per heavy atom. The number of ether oxygens (including phenoxy) is 5. The van der Waals surface area contributed by atoms with Crippen molar-refractivity contribution in [3.63, 3.8) is 0 Å². The van der Waals surface area contributed by atoms with E-state index in [0.29, 0.717) is 37.2 Å². The molecular formula is C55H84N6O18. The van der Waals surface area contributed by atoms with Gasteiger partial charge in [-0.1, -0.05) is 33.8 Å². The predicted octanol–water partition coefficient (Wildman–Crippen LogP) is 1.43. The van der Waals surface area contributed by atoms with Crippen LogP contribution in [0.2, 0.25) is 0 Å². The molecule has 24 heteroatoms. The SMILES string of the molecule is CCC(C)(CCOC)OCCC(C)(CC)OCCC(=O)NC[C@@H]1C[C@@H](N2C(=O)C=CC2=O)C(=O)N1CC(=O)NC(C(=O)N[C@@H](C)C(=O)Nc1ccc(COC(=O)C(C)(C)C)c(CC[C@@H]2O[C@H](C(=O)O)[C@@H](O)[C@H](O)[C@H]2O)c1)C(C)C. The first kappa shape index (κ1) is 65.6. The first-order valence-electron chi connectivity index (χ1n) is 27.0. The summed E-state index contributed by atoms with van der Waals surface area (Å²) in [6, 6.07) is 0.123. The Kier molecular flexibility index (Phi) is 24.1.